The molecule has 0 unspecified atom stereocenters. The van der Waals surface area contributed by atoms with Crippen LogP contribution in [-0.4, -0.2) is 44.8 Å². The maximum atomic E-state index is 12.5. The number of sulfonamides is 1. The zero-order valence-electron chi connectivity index (χ0n) is 15.5. The predicted octanol–water partition coefficient (Wildman–Crippen LogP) is 3.14. The smallest absolute Gasteiger partial charge is 0.254 e. The molecule has 0 saturated heterocycles. The van der Waals surface area contributed by atoms with E-state index >= 15 is 0 Å². The van der Waals surface area contributed by atoms with Gasteiger partial charge in [0.25, 0.3) is 5.91 Å². The number of benzene rings is 2. The van der Waals surface area contributed by atoms with Crippen molar-refractivity contribution in [3.8, 4) is 0 Å². The van der Waals surface area contributed by atoms with E-state index in [1.165, 1.54) is 42.3 Å². The number of anilines is 1. The lowest BCUT2D eigenvalue weighted by Crippen LogP contribution is -2.35. The summed E-state index contributed by atoms with van der Waals surface area (Å²) in [6.07, 6.45) is 1.68. The zero-order chi connectivity index (χ0) is 21.2. The summed E-state index contributed by atoms with van der Waals surface area (Å²) in [4.78, 5) is 26.0. The highest BCUT2D eigenvalue weighted by Gasteiger charge is 2.28. The van der Waals surface area contributed by atoms with Crippen molar-refractivity contribution >= 4 is 50.7 Å². The highest BCUT2D eigenvalue weighted by Crippen LogP contribution is 2.25. The van der Waals surface area contributed by atoms with Crippen LogP contribution in [0.5, 0.6) is 0 Å². The molecule has 154 valence electrons. The van der Waals surface area contributed by atoms with Crippen LogP contribution in [0.25, 0.3) is 0 Å². The van der Waals surface area contributed by atoms with Crippen molar-refractivity contribution in [2.45, 2.75) is 23.8 Å². The molecule has 0 atom stereocenters. The van der Waals surface area contributed by atoms with Gasteiger partial charge in [0.05, 0.1) is 21.5 Å². The van der Waals surface area contributed by atoms with E-state index in [9.17, 15) is 18.0 Å². The van der Waals surface area contributed by atoms with Crippen LogP contribution in [0.1, 0.15) is 23.2 Å². The number of nitrogens with zero attached hydrogens (tertiary/aromatic N) is 1. The number of hydrogen-bond donors (Lipinski definition) is 2. The first-order valence-corrected chi connectivity index (χ1v) is 11.0. The first kappa shape index (κ1) is 21.6. The molecule has 10 heteroatoms. The monoisotopic (exact) mass is 455 g/mol. The fourth-order valence-electron chi connectivity index (χ4n) is 2.55. The molecule has 29 heavy (non-hydrogen) atoms. The van der Waals surface area contributed by atoms with E-state index < -0.39 is 21.8 Å². The molecular formula is C19H19Cl2N3O4S. The molecule has 0 heterocycles. The minimum atomic E-state index is -3.58. The normalized spacial score (nSPS) is 13.8. The third-order valence-electron chi connectivity index (χ3n) is 4.24. The molecule has 1 saturated carbocycles. The van der Waals surface area contributed by atoms with Gasteiger partial charge in [0, 0.05) is 24.3 Å². The van der Waals surface area contributed by atoms with Crippen LogP contribution < -0.4 is 10.0 Å². The van der Waals surface area contributed by atoms with Gasteiger partial charge in [-0.2, -0.15) is 0 Å². The number of nitrogens with one attached hydrogen (secondary N) is 2. The molecule has 2 aromatic carbocycles. The van der Waals surface area contributed by atoms with Gasteiger partial charge in [0.1, 0.15) is 0 Å². The molecule has 2 amide bonds. The molecular weight excluding hydrogens is 437 g/mol. The third kappa shape index (κ3) is 5.70. The largest absolute Gasteiger partial charge is 0.332 e. The lowest BCUT2D eigenvalue weighted by Gasteiger charge is -2.17. The predicted molar refractivity (Wildman–Crippen MR) is 112 cm³/mol. The number of hydrogen-bond acceptors (Lipinski definition) is 4. The van der Waals surface area contributed by atoms with E-state index in [1.54, 1.807) is 12.1 Å². The van der Waals surface area contributed by atoms with Gasteiger partial charge in [-0.25, -0.2) is 13.1 Å². The van der Waals surface area contributed by atoms with Gasteiger partial charge in [-0.3, -0.25) is 9.59 Å². The van der Waals surface area contributed by atoms with Crippen molar-refractivity contribution in [1.82, 2.24) is 9.62 Å². The van der Waals surface area contributed by atoms with Crippen LogP contribution >= 0.6 is 23.2 Å². The van der Waals surface area contributed by atoms with Crippen LogP contribution in [-0.2, 0) is 14.8 Å². The Balaban J connectivity index is 1.60. The summed E-state index contributed by atoms with van der Waals surface area (Å²) in [6.45, 7) is -0.192. The summed E-state index contributed by atoms with van der Waals surface area (Å²) in [6, 6.07) is 10.3. The van der Waals surface area contributed by atoms with Crippen LogP contribution in [0, 0.1) is 0 Å². The topological polar surface area (TPSA) is 95.6 Å². The van der Waals surface area contributed by atoms with Crippen molar-refractivity contribution in [3.05, 3.63) is 58.1 Å². The molecule has 0 aromatic heterocycles. The number of carbonyl (C=O) groups excluding carboxylic acids is 2. The SMILES string of the molecule is CN(CC(=O)Nc1ccc(Cl)c(Cl)c1)C(=O)c1ccc(S(=O)(=O)NC2CC2)cc1. The highest BCUT2D eigenvalue weighted by atomic mass is 35.5. The molecule has 1 aliphatic carbocycles. The lowest BCUT2D eigenvalue weighted by atomic mass is 10.2. The summed E-state index contributed by atoms with van der Waals surface area (Å²) in [5.74, 6) is -0.819. The number of amides is 2. The van der Waals surface area contributed by atoms with E-state index in [1.807, 2.05) is 0 Å². The van der Waals surface area contributed by atoms with E-state index in [-0.39, 0.29) is 23.0 Å². The Morgan fingerprint density at radius 1 is 1.07 bits per heavy atom. The van der Waals surface area contributed by atoms with Gasteiger partial charge >= 0.3 is 0 Å². The fraction of sp³-hybridized carbons (Fsp3) is 0.263. The summed E-state index contributed by atoms with van der Waals surface area (Å²) >= 11 is 11.8. The molecule has 2 aromatic rings. The molecule has 0 spiro atoms. The van der Waals surface area contributed by atoms with Gasteiger partial charge < -0.3 is 10.2 Å². The molecule has 1 aliphatic rings. The fourth-order valence-corrected chi connectivity index (χ4v) is 4.15. The number of likely N-dealkylation sites (N-methyl/N-ethyl adjacent to an activating group) is 1. The highest BCUT2D eigenvalue weighted by molar-refractivity contribution is 7.89. The van der Waals surface area contributed by atoms with Crippen molar-refractivity contribution in [3.63, 3.8) is 0 Å². The van der Waals surface area contributed by atoms with Gasteiger partial charge in [-0.05, 0) is 55.3 Å². The van der Waals surface area contributed by atoms with Crippen LogP contribution in [0.3, 0.4) is 0 Å². The lowest BCUT2D eigenvalue weighted by molar-refractivity contribution is -0.116. The Bertz CT molecular complexity index is 1040. The Labute approximate surface area is 179 Å². The Kier molecular flexibility index (Phi) is 6.48. The summed E-state index contributed by atoms with van der Waals surface area (Å²) in [5.41, 5.74) is 0.739. The van der Waals surface area contributed by atoms with E-state index in [0.29, 0.717) is 15.7 Å². The minimum Gasteiger partial charge on any atom is -0.332 e. The van der Waals surface area contributed by atoms with Crippen molar-refractivity contribution in [2.75, 3.05) is 18.9 Å². The minimum absolute atomic E-state index is 0.00137. The molecule has 0 radical (unpaired) electrons. The van der Waals surface area contributed by atoms with Gasteiger partial charge in [-0.15, -0.1) is 0 Å². The first-order valence-electron chi connectivity index (χ1n) is 8.78. The average molecular weight is 456 g/mol. The molecule has 3 rings (SSSR count). The van der Waals surface area contributed by atoms with Gasteiger partial charge in [0.2, 0.25) is 15.9 Å². The quantitative estimate of drug-likeness (QED) is 0.669. The van der Waals surface area contributed by atoms with Crippen molar-refractivity contribution in [2.24, 2.45) is 0 Å². The van der Waals surface area contributed by atoms with Gasteiger partial charge in [0.15, 0.2) is 0 Å². The molecule has 0 aliphatic heterocycles. The first-order chi connectivity index (χ1) is 13.7. The summed E-state index contributed by atoms with van der Waals surface area (Å²) < 4.78 is 27.0. The van der Waals surface area contributed by atoms with Crippen molar-refractivity contribution < 1.29 is 18.0 Å². The number of carbonyl (C=O) groups is 2. The standard InChI is InChI=1S/C19H19Cl2N3O4S/c1-24(11-18(25)22-14-6-9-16(20)17(21)10-14)19(26)12-2-7-15(8-3-12)29(27,28)23-13-4-5-13/h2-3,6-10,13,23H,4-5,11H2,1H3,(H,22,25). The second-order valence-electron chi connectivity index (χ2n) is 6.76. The molecule has 0 bridgehead atoms. The third-order valence-corrected chi connectivity index (χ3v) is 6.52. The van der Waals surface area contributed by atoms with Crippen LogP contribution in [0.2, 0.25) is 10.0 Å². The number of rotatable bonds is 7. The Hall–Kier alpha value is -2.13. The summed E-state index contributed by atoms with van der Waals surface area (Å²) in [7, 11) is -2.10. The van der Waals surface area contributed by atoms with E-state index in [4.69, 9.17) is 23.2 Å². The molecule has 2 N–H and O–H groups in total. The van der Waals surface area contributed by atoms with Crippen molar-refractivity contribution in [1.29, 1.82) is 0 Å². The maximum Gasteiger partial charge on any atom is 0.254 e. The van der Waals surface area contributed by atoms with E-state index in [2.05, 4.69) is 10.0 Å². The number of halogens is 2. The second-order valence-corrected chi connectivity index (χ2v) is 9.29. The maximum absolute atomic E-state index is 12.5. The van der Waals surface area contributed by atoms with Crippen LogP contribution in [0.15, 0.2) is 47.4 Å². The Morgan fingerprint density at radius 3 is 2.31 bits per heavy atom. The summed E-state index contributed by atoms with van der Waals surface area (Å²) in [5, 5.41) is 3.31. The van der Waals surface area contributed by atoms with Crippen LogP contribution in [0.4, 0.5) is 5.69 Å². The molecule has 1 fully saturated rings. The second kappa shape index (κ2) is 8.71. The van der Waals surface area contributed by atoms with E-state index in [0.717, 1.165) is 12.8 Å². The Morgan fingerprint density at radius 2 is 1.72 bits per heavy atom. The average Bonchev–Trinajstić information content (AvgIpc) is 3.47. The van der Waals surface area contributed by atoms with Gasteiger partial charge in [-0.1, -0.05) is 23.2 Å². The molecule has 7 nitrogen and oxygen atoms in total. The zero-order valence-corrected chi connectivity index (χ0v) is 17.8.